The van der Waals surface area contributed by atoms with Crippen molar-refractivity contribution < 1.29 is 5.76 Å². The third-order valence-corrected chi connectivity index (χ3v) is 6.83. The van der Waals surface area contributed by atoms with Crippen molar-refractivity contribution >= 4 is 33.9 Å². The number of hydrazine groups is 2. The summed E-state index contributed by atoms with van der Waals surface area (Å²) in [4.78, 5) is 4.41. The molecular weight excluding hydrogens is 503 g/mol. The van der Waals surface area contributed by atoms with Gasteiger partial charge in [0.25, 0.3) is 0 Å². The monoisotopic (exact) mass is 531 g/mol. The summed E-state index contributed by atoms with van der Waals surface area (Å²) in [5.41, 5.74) is 8.80. The molecule has 1 aliphatic heterocycles. The van der Waals surface area contributed by atoms with E-state index < -0.39 is 11.8 Å². The molecule has 2 aliphatic rings. The number of hydrogen-bond acceptors (Lipinski definition) is 8. The molecular formula is C28H28ClFN8. The summed E-state index contributed by atoms with van der Waals surface area (Å²) in [7, 11) is 0. The van der Waals surface area contributed by atoms with Crippen LogP contribution >= 0.6 is 11.6 Å². The Labute approximate surface area is 227 Å². The van der Waals surface area contributed by atoms with Crippen molar-refractivity contribution in [2.24, 2.45) is 5.41 Å². The molecule has 4 N–H and O–H groups in total. The summed E-state index contributed by atoms with van der Waals surface area (Å²) in [6.07, 6.45) is 5.78. The summed E-state index contributed by atoms with van der Waals surface area (Å²) in [6, 6.07) is 12.5. The molecule has 194 valence electrons. The van der Waals surface area contributed by atoms with Crippen molar-refractivity contribution in [3.05, 3.63) is 76.5 Å². The maximum absolute atomic E-state index is 13.8. The molecule has 0 saturated heterocycles. The van der Waals surface area contributed by atoms with E-state index >= 15 is 0 Å². The minimum absolute atomic E-state index is 0.337. The zero-order valence-electron chi connectivity index (χ0n) is 22.1. The fourth-order valence-corrected chi connectivity index (χ4v) is 4.54. The largest absolute Gasteiger partial charge is 0.383 e. The predicted octanol–water partition coefficient (Wildman–Crippen LogP) is 5.73. The molecule has 3 aromatic rings. The van der Waals surface area contributed by atoms with Crippen LogP contribution in [0.5, 0.6) is 0 Å². The molecule has 1 atom stereocenters. The number of rotatable bonds is 9. The molecule has 0 spiro atoms. The van der Waals surface area contributed by atoms with E-state index in [1.165, 1.54) is 18.3 Å². The van der Waals surface area contributed by atoms with Gasteiger partial charge in [-0.05, 0) is 48.1 Å². The summed E-state index contributed by atoms with van der Waals surface area (Å²) < 4.78 is 23.3. The van der Waals surface area contributed by atoms with Crippen molar-refractivity contribution in [1.82, 2.24) is 21.0 Å². The minimum Gasteiger partial charge on any atom is -0.383 e. The van der Waals surface area contributed by atoms with E-state index in [4.69, 9.17) is 11.6 Å². The van der Waals surface area contributed by atoms with E-state index in [0.29, 0.717) is 63.1 Å². The predicted molar refractivity (Wildman–Crippen MR) is 146 cm³/mol. The average Bonchev–Trinajstić information content (AvgIpc) is 3.63. The Morgan fingerprint density at radius 2 is 2.05 bits per heavy atom. The highest BCUT2D eigenvalue weighted by atomic mass is 35.5. The van der Waals surface area contributed by atoms with E-state index in [2.05, 4.69) is 38.7 Å². The number of benzene rings is 2. The second-order valence-corrected chi connectivity index (χ2v) is 10.7. The van der Waals surface area contributed by atoms with Crippen LogP contribution in [0.4, 0.5) is 15.8 Å². The van der Waals surface area contributed by atoms with Gasteiger partial charge in [0.2, 0.25) is 0 Å². The first-order chi connectivity index (χ1) is 18.6. The first-order valence-corrected chi connectivity index (χ1v) is 12.7. The smallest absolute Gasteiger partial charge is 0.123 e. The van der Waals surface area contributed by atoms with Crippen molar-refractivity contribution in [2.45, 2.75) is 45.2 Å². The molecule has 1 aromatic heterocycles. The van der Waals surface area contributed by atoms with E-state index in [1.54, 1.807) is 24.3 Å². The maximum atomic E-state index is 13.8. The van der Waals surface area contributed by atoms with Crippen molar-refractivity contribution in [3.63, 3.8) is 0 Å². The van der Waals surface area contributed by atoms with Gasteiger partial charge < -0.3 is 16.1 Å². The van der Waals surface area contributed by atoms with E-state index in [9.17, 15) is 16.3 Å². The van der Waals surface area contributed by atoms with Gasteiger partial charge in [0.1, 0.15) is 11.9 Å². The third-order valence-electron chi connectivity index (χ3n) is 6.55. The number of nitriles is 2. The Balaban J connectivity index is 1.58. The van der Waals surface area contributed by atoms with Crippen molar-refractivity contribution in [1.29, 1.82) is 10.5 Å². The zero-order valence-corrected chi connectivity index (χ0v) is 21.8. The number of anilines is 2. The third kappa shape index (κ3) is 5.45. The molecule has 5 rings (SSSR count). The molecule has 1 fully saturated rings. The summed E-state index contributed by atoms with van der Waals surface area (Å²) in [5.74, 6) is -0.397. The Bertz CT molecular complexity index is 1520. The van der Waals surface area contributed by atoms with Gasteiger partial charge in [-0.1, -0.05) is 37.6 Å². The van der Waals surface area contributed by atoms with Crippen LogP contribution in [0.15, 0.2) is 54.5 Å². The van der Waals surface area contributed by atoms with Crippen LogP contribution in [0, 0.1) is 33.9 Å². The lowest BCUT2D eigenvalue weighted by Crippen LogP contribution is -2.38. The lowest BCUT2D eigenvalue weighted by molar-refractivity contribution is 0.260. The molecule has 0 amide bonds. The van der Waals surface area contributed by atoms with Crippen LogP contribution in [-0.2, 0) is 0 Å². The van der Waals surface area contributed by atoms with Crippen LogP contribution in [0.3, 0.4) is 0 Å². The number of nitrogens with one attached hydrogen (secondary N) is 4. The van der Waals surface area contributed by atoms with E-state index in [1.807, 2.05) is 25.1 Å². The maximum Gasteiger partial charge on any atom is 0.123 e. The highest BCUT2D eigenvalue weighted by Gasteiger charge is 2.32. The Morgan fingerprint density at radius 1 is 1.29 bits per heavy atom. The van der Waals surface area contributed by atoms with Crippen molar-refractivity contribution in [3.8, 4) is 12.1 Å². The van der Waals surface area contributed by atoms with Gasteiger partial charge in [0.05, 0.1) is 40.9 Å². The number of hydrogen-bond donors (Lipinski definition) is 4. The second kappa shape index (κ2) is 10.4. The molecule has 2 heterocycles. The normalized spacial score (nSPS) is 17.1. The van der Waals surface area contributed by atoms with Gasteiger partial charge in [-0.25, -0.2) is 4.39 Å². The Morgan fingerprint density at radius 3 is 2.74 bits per heavy atom. The lowest BCUT2D eigenvalue weighted by atomic mass is 9.90. The topological polar surface area (TPSA) is 112 Å². The molecule has 1 unspecified atom stereocenters. The molecule has 1 saturated carbocycles. The SMILES string of the molecule is [2H]C(Nc1cc(Cl)c2ncc(C#N)c(NCC(C)(C)CC#N)c2c1)(C1=CN(C2CC2)NN1)c1ccc(F)cc1. The first kappa shape index (κ1) is 24.3. The molecule has 0 radical (unpaired) electrons. The van der Waals surface area contributed by atoms with Crippen LogP contribution in [0.1, 0.15) is 51.6 Å². The number of fused-ring (bicyclic) bond motifs is 1. The van der Waals surface area contributed by atoms with Crippen LogP contribution < -0.4 is 21.6 Å². The number of pyridine rings is 1. The fraction of sp³-hybridized carbons (Fsp3) is 0.321. The summed E-state index contributed by atoms with van der Waals surface area (Å²) in [5, 5.41) is 28.5. The van der Waals surface area contributed by atoms with Gasteiger partial charge in [-0.2, -0.15) is 10.5 Å². The minimum atomic E-state index is -1.54. The highest BCUT2D eigenvalue weighted by Crippen LogP contribution is 2.37. The zero-order chi connectivity index (χ0) is 27.8. The molecule has 0 bridgehead atoms. The van der Waals surface area contributed by atoms with Gasteiger partial charge >= 0.3 is 0 Å². The summed E-state index contributed by atoms with van der Waals surface area (Å²) >= 11 is 6.68. The first-order valence-electron chi connectivity index (χ1n) is 12.8. The van der Waals surface area contributed by atoms with Gasteiger partial charge in [-0.3, -0.25) is 9.99 Å². The Kier molecular flexibility index (Phi) is 6.63. The van der Waals surface area contributed by atoms with Gasteiger partial charge in [-0.15, -0.1) is 5.53 Å². The van der Waals surface area contributed by atoms with Gasteiger partial charge in [0.15, 0.2) is 0 Å². The number of aromatic nitrogens is 1. The van der Waals surface area contributed by atoms with Crippen LogP contribution in [0.25, 0.3) is 10.9 Å². The number of halogens is 2. The highest BCUT2D eigenvalue weighted by molar-refractivity contribution is 6.35. The quantitative estimate of drug-likeness (QED) is 0.277. The molecule has 10 heteroatoms. The second-order valence-electron chi connectivity index (χ2n) is 10.3. The average molecular weight is 532 g/mol. The molecule has 2 aromatic carbocycles. The van der Waals surface area contributed by atoms with Gasteiger partial charge in [0, 0.05) is 42.5 Å². The standard InChI is InChI=1S/C28H28ClFN8/c1-28(2,9-10-31)16-34-25-18(13-32)14-33-27-22(25)11-20(12-23(27)29)35-26(17-3-5-19(30)6-4-17)24-15-38(37-36-24)21-7-8-21/h3-6,11-12,14-15,21,26,35-37H,7-9,16H2,1-2H3,(H,33,34)/i26D. The molecule has 1 aliphatic carbocycles. The van der Waals surface area contributed by atoms with Crippen LogP contribution in [-0.4, -0.2) is 22.6 Å². The van der Waals surface area contributed by atoms with Crippen LogP contribution in [0.2, 0.25) is 5.02 Å². The lowest BCUT2D eigenvalue weighted by Gasteiger charge is -2.24. The van der Waals surface area contributed by atoms with E-state index in [0.717, 1.165) is 12.8 Å². The Hall–Kier alpha value is -4.05. The van der Waals surface area contributed by atoms with Crippen molar-refractivity contribution in [2.75, 3.05) is 17.2 Å². The summed E-state index contributed by atoms with van der Waals surface area (Å²) in [6.45, 7) is 4.38. The molecule has 38 heavy (non-hydrogen) atoms. The molecule has 8 nitrogen and oxygen atoms in total. The van der Waals surface area contributed by atoms with E-state index in [-0.39, 0.29) is 5.41 Å². The fourth-order valence-electron chi connectivity index (χ4n) is 4.27. The number of nitrogens with zero attached hydrogens (tertiary/aromatic N) is 4.